The van der Waals surface area contributed by atoms with Crippen LogP contribution in [0.1, 0.15) is 37.4 Å². The van der Waals surface area contributed by atoms with Gasteiger partial charge in [-0.05, 0) is 48.2 Å². The number of aliphatic hydroxyl groups excluding tert-OH is 1. The molecule has 0 aliphatic carbocycles. The number of thiazole rings is 1. The number of hydrogen-bond acceptors (Lipinski definition) is 6. The first-order valence-electron chi connectivity index (χ1n) is 10.6. The molecule has 1 aliphatic rings. The van der Waals surface area contributed by atoms with Crippen LogP contribution in [-0.4, -0.2) is 35.9 Å². The molecule has 3 aromatic rings. The van der Waals surface area contributed by atoms with Crippen molar-refractivity contribution >= 4 is 44.1 Å². The lowest BCUT2D eigenvalue weighted by Crippen LogP contribution is -2.31. The lowest BCUT2D eigenvalue weighted by atomic mass is 9.92. The summed E-state index contributed by atoms with van der Waals surface area (Å²) in [5.41, 5.74) is 3.80. The summed E-state index contributed by atoms with van der Waals surface area (Å²) in [4.78, 5) is 34.5. The molecule has 166 valence electrons. The minimum atomic E-state index is -0.716. The molecule has 0 saturated heterocycles. The van der Waals surface area contributed by atoms with Crippen LogP contribution in [0.15, 0.2) is 53.8 Å². The number of hydrogen-bond donors (Lipinski definition) is 1. The number of carbonyl (C=O) groups excluding carboxylic acids is 2. The third-order valence-electron chi connectivity index (χ3n) is 5.57. The Labute approximate surface area is 191 Å². The van der Waals surface area contributed by atoms with Crippen molar-refractivity contribution in [3.63, 3.8) is 0 Å². The zero-order valence-electron chi connectivity index (χ0n) is 18.9. The van der Waals surface area contributed by atoms with Gasteiger partial charge in [0.05, 0.1) is 21.8 Å². The molecule has 32 heavy (non-hydrogen) atoms. The van der Waals surface area contributed by atoms with Gasteiger partial charge in [0.2, 0.25) is 0 Å². The number of aliphatic hydroxyl groups is 1. The van der Waals surface area contributed by atoms with Crippen molar-refractivity contribution in [2.24, 2.45) is 5.92 Å². The number of carbonyl (C=O) groups is 2. The molecule has 7 heteroatoms. The number of anilines is 2. The summed E-state index contributed by atoms with van der Waals surface area (Å²) < 4.78 is 0.955. The third-order valence-corrected chi connectivity index (χ3v) is 6.58. The lowest BCUT2D eigenvalue weighted by molar-refractivity contribution is -0.118. The summed E-state index contributed by atoms with van der Waals surface area (Å²) in [6.45, 7) is 5.90. The molecule has 1 unspecified atom stereocenters. The third kappa shape index (κ3) is 3.88. The van der Waals surface area contributed by atoms with Gasteiger partial charge in [-0.15, -0.1) is 0 Å². The fraction of sp³-hybridized carbons (Fsp3) is 0.320. The Morgan fingerprint density at radius 1 is 1.19 bits per heavy atom. The van der Waals surface area contributed by atoms with Crippen molar-refractivity contribution < 1.29 is 14.7 Å². The molecule has 1 aliphatic heterocycles. The van der Waals surface area contributed by atoms with Crippen molar-refractivity contribution in [1.29, 1.82) is 0 Å². The summed E-state index contributed by atoms with van der Waals surface area (Å²) in [5, 5.41) is 11.3. The highest BCUT2D eigenvalue weighted by molar-refractivity contribution is 7.22. The highest BCUT2D eigenvalue weighted by Crippen LogP contribution is 2.44. The molecule has 2 aromatic carbocycles. The van der Waals surface area contributed by atoms with Gasteiger partial charge in [-0.2, -0.15) is 0 Å². The van der Waals surface area contributed by atoms with Gasteiger partial charge < -0.3 is 10.0 Å². The van der Waals surface area contributed by atoms with Crippen molar-refractivity contribution in [3.05, 3.63) is 64.9 Å². The monoisotopic (exact) mass is 449 g/mol. The average molecular weight is 450 g/mol. The molecule has 6 nitrogen and oxygen atoms in total. The van der Waals surface area contributed by atoms with Crippen LogP contribution in [-0.2, 0) is 9.59 Å². The van der Waals surface area contributed by atoms with Gasteiger partial charge in [-0.25, -0.2) is 4.98 Å². The predicted molar refractivity (Wildman–Crippen MR) is 129 cm³/mol. The van der Waals surface area contributed by atoms with E-state index in [-0.39, 0.29) is 23.7 Å². The predicted octanol–water partition coefficient (Wildman–Crippen LogP) is 5.19. The average Bonchev–Trinajstić information content (AvgIpc) is 3.25. The van der Waals surface area contributed by atoms with Gasteiger partial charge in [-0.3, -0.25) is 14.5 Å². The highest BCUT2D eigenvalue weighted by atomic mass is 32.1. The summed E-state index contributed by atoms with van der Waals surface area (Å²) in [7, 11) is 3.90. The Morgan fingerprint density at radius 2 is 1.88 bits per heavy atom. The summed E-state index contributed by atoms with van der Waals surface area (Å²) in [5.74, 6) is -1.18. The second-order valence-electron chi connectivity index (χ2n) is 8.81. The molecule has 0 fully saturated rings. The number of aromatic nitrogens is 1. The van der Waals surface area contributed by atoms with E-state index in [9.17, 15) is 14.7 Å². The van der Waals surface area contributed by atoms with E-state index in [1.807, 2.05) is 82.2 Å². The lowest BCUT2D eigenvalue weighted by Gasteiger charge is -2.25. The number of rotatable bonds is 6. The van der Waals surface area contributed by atoms with Crippen LogP contribution in [0, 0.1) is 12.8 Å². The number of benzene rings is 2. The van der Waals surface area contributed by atoms with Gasteiger partial charge >= 0.3 is 0 Å². The smallest absolute Gasteiger partial charge is 0.296 e. The van der Waals surface area contributed by atoms with Gasteiger partial charge in [-0.1, -0.05) is 43.4 Å². The van der Waals surface area contributed by atoms with Crippen molar-refractivity contribution in [3.8, 4) is 0 Å². The summed E-state index contributed by atoms with van der Waals surface area (Å²) >= 11 is 1.39. The molecule has 0 bridgehead atoms. The molecule has 0 saturated carbocycles. The number of nitrogens with zero attached hydrogens (tertiary/aromatic N) is 3. The zero-order valence-corrected chi connectivity index (χ0v) is 19.7. The van der Waals surface area contributed by atoms with Crippen LogP contribution in [0.3, 0.4) is 0 Å². The molecule has 1 atom stereocenters. The van der Waals surface area contributed by atoms with Crippen molar-refractivity contribution in [2.45, 2.75) is 33.2 Å². The number of aryl methyl sites for hydroxylation is 1. The first-order chi connectivity index (χ1) is 15.2. The fourth-order valence-electron chi connectivity index (χ4n) is 3.96. The molecular weight excluding hydrogens is 422 g/mol. The Bertz CT molecular complexity index is 1220. The Hall–Kier alpha value is -3.19. The maximum Gasteiger partial charge on any atom is 0.296 e. The van der Waals surface area contributed by atoms with Gasteiger partial charge in [0, 0.05) is 26.2 Å². The SMILES string of the molecule is Cc1ccc2nc(N3C(=O)C(O)=C(C(=O)CC(C)C)C3c3ccc(N(C)C)cc3)sc2c1. The molecule has 1 N–H and O–H groups in total. The topological polar surface area (TPSA) is 73.7 Å². The van der Waals surface area contributed by atoms with Crippen LogP contribution in [0.5, 0.6) is 0 Å². The van der Waals surface area contributed by atoms with E-state index in [4.69, 9.17) is 0 Å². The summed E-state index contributed by atoms with van der Waals surface area (Å²) in [6.07, 6.45) is 0.256. The van der Waals surface area contributed by atoms with Crippen LogP contribution in [0.4, 0.5) is 10.8 Å². The molecule has 2 heterocycles. The minimum absolute atomic E-state index is 0.106. The number of amides is 1. The van der Waals surface area contributed by atoms with Crippen LogP contribution in [0.25, 0.3) is 10.2 Å². The van der Waals surface area contributed by atoms with Gasteiger partial charge in [0.25, 0.3) is 5.91 Å². The largest absolute Gasteiger partial charge is 0.503 e. The fourth-order valence-corrected chi connectivity index (χ4v) is 5.05. The summed E-state index contributed by atoms with van der Waals surface area (Å²) in [6, 6.07) is 12.9. The van der Waals surface area contributed by atoms with Crippen LogP contribution >= 0.6 is 11.3 Å². The molecule has 1 amide bonds. The molecule has 0 radical (unpaired) electrons. The molecule has 0 spiro atoms. The van der Waals surface area contributed by atoms with Crippen LogP contribution in [0.2, 0.25) is 0 Å². The minimum Gasteiger partial charge on any atom is -0.503 e. The quantitative estimate of drug-likeness (QED) is 0.561. The van der Waals surface area contributed by atoms with E-state index < -0.39 is 17.7 Å². The zero-order chi connectivity index (χ0) is 23.2. The van der Waals surface area contributed by atoms with E-state index >= 15 is 0 Å². The Balaban J connectivity index is 1.85. The van der Waals surface area contributed by atoms with E-state index in [2.05, 4.69) is 4.98 Å². The van der Waals surface area contributed by atoms with Crippen molar-refractivity contribution in [1.82, 2.24) is 4.98 Å². The number of Topliss-reactive ketones (excluding diaryl/α,β-unsaturated/α-hetero) is 1. The Morgan fingerprint density at radius 3 is 2.50 bits per heavy atom. The Kier molecular flexibility index (Phi) is 5.77. The molecule has 1 aromatic heterocycles. The number of fused-ring (bicyclic) bond motifs is 1. The first kappa shape index (κ1) is 22.0. The standard InChI is InChI=1S/C25H27N3O3S/c1-14(2)12-19(29)21-22(16-7-9-17(10-8-16)27(4)5)28(24(31)23(21)30)25-26-18-11-6-15(3)13-20(18)32-25/h6-11,13-14,22,30H,12H2,1-5H3. The van der Waals surface area contributed by atoms with E-state index in [1.54, 1.807) is 0 Å². The molecule has 4 rings (SSSR count). The highest BCUT2D eigenvalue weighted by Gasteiger charge is 2.45. The second kappa shape index (κ2) is 8.39. The van der Waals surface area contributed by atoms with Crippen molar-refractivity contribution in [2.75, 3.05) is 23.9 Å². The normalized spacial score (nSPS) is 16.5. The maximum atomic E-state index is 13.2. The van der Waals surface area contributed by atoms with Crippen LogP contribution < -0.4 is 9.80 Å². The van der Waals surface area contributed by atoms with Gasteiger partial charge in [0.1, 0.15) is 0 Å². The van der Waals surface area contributed by atoms with E-state index in [0.717, 1.165) is 27.0 Å². The second-order valence-corrected chi connectivity index (χ2v) is 9.82. The van der Waals surface area contributed by atoms with E-state index in [0.29, 0.717) is 5.13 Å². The van der Waals surface area contributed by atoms with Gasteiger partial charge in [0.15, 0.2) is 16.7 Å². The maximum absolute atomic E-state index is 13.2. The number of ketones is 1. The first-order valence-corrected chi connectivity index (χ1v) is 11.4. The van der Waals surface area contributed by atoms with E-state index in [1.165, 1.54) is 16.2 Å². The molecular formula is C25H27N3O3S.